The maximum Gasteiger partial charge on any atom is 0.133 e. The van der Waals surface area contributed by atoms with E-state index in [0.717, 1.165) is 13.1 Å². The van der Waals surface area contributed by atoms with Gasteiger partial charge in [-0.05, 0) is 11.6 Å². The average Bonchev–Trinajstić information content (AvgIpc) is 2.61. The predicted octanol–water partition coefficient (Wildman–Crippen LogP) is 0.469. The zero-order chi connectivity index (χ0) is 9.38. The molecule has 1 aromatic rings. The lowest BCUT2D eigenvalue weighted by atomic mass is 10.1. The van der Waals surface area contributed by atoms with Gasteiger partial charge in [0.25, 0.3) is 0 Å². The smallest absolute Gasteiger partial charge is 0.133 e. The quantitative estimate of drug-likeness (QED) is 0.621. The Morgan fingerprint density at radius 3 is 3.29 bits per heavy atom. The number of para-hydroxylation sites is 1. The van der Waals surface area contributed by atoms with Crippen molar-refractivity contribution in [1.29, 1.82) is 0 Å². The van der Waals surface area contributed by atoms with Crippen molar-refractivity contribution >= 4 is 12.0 Å². The number of fused-ring (bicyclic) bond motifs is 3. The van der Waals surface area contributed by atoms with Crippen molar-refractivity contribution in [3.63, 3.8) is 0 Å². The highest BCUT2D eigenvalue weighted by atomic mass is 15.5. The van der Waals surface area contributed by atoms with Gasteiger partial charge in [0, 0.05) is 18.8 Å². The molecule has 72 valence electrons. The van der Waals surface area contributed by atoms with Crippen molar-refractivity contribution in [3.8, 4) is 0 Å². The molecular formula is C10H12N4. The molecule has 0 bridgehead atoms. The van der Waals surface area contributed by atoms with Gasteiger partial charge in [-0.3, -0.25) is 5.43 Å². The number of anilines is 1. The van der Waals surface area contributed by atoms with Gasteiger partial charge >= 0.3 is 0 Å². The molecule has 2 aliphatic rings. The second-order valence-corrected chi connectivity index (χ2v) is 3.56. The van der Waals surface area contributed by atoms with Crippen LogP contribution in [-0.4, -0.2) is 19.0 Å². The summed E-state index contributed by atoms with van der Waals surface area (Å²) in [5.74, 6) is 0. The van der Waals surface area contributed by atoms with Crippen molar-refractivity contribution in [2.24, 2.45) is 5.10 Å². The number of nitrogens with one attached hydrogen (secondary N) is 2. The molecule has 14 heavy (non-hydrogen) atoms. The van der Waals surface area contributed by atoms with Gasteiger partial charge in [-0.15, -0.1) is 0 Å². The SMILES string of the molecule is C1=NNC2CNCc3ccccc3N12. The summed E-state index contributed by atoms with van der Waals surface area (Å²) in [6, 6.07) is 8.42. The number of hydrogen-bond acceptors (Lipinski definition) is 4. The number of hydrazone groups is 1. The zero-order valence-corrected chi connectivity index (χ0v) is 7.77. The molecule has 0 fully saturated rings. The minimum absolute atomic E-state index is 0.263. The lowest BCUT2D eigenvalue weighted by Crippen LogP contribution is -2.42. The fraction of sp³-hybridized carbons (Fsp3) is 0.300. The molecule has 0 spiro atoms. The van der Waals surface area contributed by atoms with Gasteiger partial charge in [0.15, 0.2) is 0 Å². The Kier molecular flexibility index (Phi) is 1.67. The normalized spacial score (nSPS) is 23.7. The molecule has 2 heterocycles. The van der Waals surface area contributed by atoms with Crippen LogP contribution in [0.15, 0.2) is 29.4 Å². The van der Waals surface area contributed by atoms with E-state index >= 15 is 0 Å². The van der Waals surface area contributed by atoms with Crippen LogP contribution in [0.5, 0.6) is 0 Å². The van der Waals surface area contributed by atoms with Crippen LogP contribution in [0.2, 0.25) is 0 Å². The first kappa shape index (κ1) is 7.82. The third kappa shape index (κ3) is 1.08. The molecule has 2 N–H and O–H groups in total. The predicted molar refractivity (Wildman–Crippen MR) is 56.0 cm³/mol. The first-order valence-corrected chi connectivity index (χ1v) is 4.81. The lowest BCUT2D eigenvalue weighted by Gasteiger charge is -2.21. The second-order valence-electron chi connectivity index (χ2n) is 3.56. The molecule has 4 heteroatoms. The van der Waals surface area contributed by atoms with E-state index in [1.807, 2.05) is 6.34 Å². The topological polar surface area (TPSA) is 39.7 Å². The van der Waals surface area contributed by atoms with E-state index < -0.39 is 0 Å². The molecule has 1 atom stereocenters. The first-order chi connectivity index (χ1) is 6.95. The van der Waals surface area contributed by atoms with E-state index in [1.54, 1.807) is 0 Å². The third-order valence-corrected chi connectivity index (χ3v) is 2.66. The van der Waals surface area contributed by atoms with Crippen molar-refractivity contribution in [1.82, 2.24) is 10.7 Å². The Hall–Kier alpha value is -1.55. The van der Waals surface area contributed by atoms with Crippen LogP contribution in [0.3, 0.4) is 0 Å². The molecular weight excluding hydrogens is 176 g/mol. The highest BCUT2D eigenvalue weighted by Crippen LogP contribution is 2.24. The van der Waals surface area contributed by atoms with E-state index in [1.165, 1.54) is 11.3 Å². The number of hydrogen-bond donors (Lipinski definition) is 2. The third-order valence-electron chi connectivity index (χ3n) is 2.66. The summed E-state index contributed by atoms with van der Waals surface area (Å²) in [4.78, 5) is 2.18. The number of nitrogens with zero attached hydrogens (tertiary/aromatic N) is 2. The minimum Gasteiger partial charge on any atom is -0.309 e. The fourth-order valence-electron chi connectivity index (χ4n) is 1.95. The van der Waals surface area contributed by atoms with Crippen molar-refractivity contribution < 1.29 is 0 Å². The molecule has 0 aliphatic carbocycles. The van der Waals surface area contributed by atoms with Gasteiger partial charge in [0.05, 0.1) is 0 Å². The fourth-order valence-corrected chi connectivity index (χ4v) is 1.95. The van der Waals surface area contributed by atoms with E-state index in [9.17, 15) is 0 Å². The summed E-state index contributed by atoms with van der Waals surface area (Å²) in [6.45, 7) is 1.84. The number of rotatable bonds is 0. The van der Waals surface area contributed by atoms with Gasteiger partial charge in [-0.25, -0.2) is 0 Å². The largest absolute Gasteiger partial charge is 0.309 e. The van der Waals surface area contributed by atoms with Crippen LogP contribution >= 0.6 is 0 Å². The van der Waals surface area contributed by atoms with Gasteiger partial charge in [-0.2, -0.15) is 5.10 Å². The lowest BCUT2D eigenvalue weighted by molar-refractivity contribution is 0.536. The first-order valence-electron chi connectivity index (χ1n) is 4.81. The van der Waals surface area contributed by atoms with Gasteiger partial charge in [-0.1, -0.05) is 18.2 Å². The molecule has 0 saturated carbocycles. The Labute approximate surface area is 82.6 Å². The van der Waals surface area contributed by atoms with E-state index in [-0.39, 0.29) is 6.17 Å². The summed E-state index contributed by atoms with van der Waals surface area (Å²) in [5, 5.41) is 7.47. The maximum atomic E-state index is 4.08. The molecule has 1 aromatic carbocycles. The molecule has 1 unspecified atom stereocenters. The Balaban J connectivity index is 2.08. The van der Waals surface area contributed by atoms with Crippen molar-refractivity contribution in [3.05, 3.63) is 29.8 Å². The molecule has 0 radical (unpaired) electrons. The van der Waals surface area contributed by atoms with Crippen LogP contribution < -0.4 is 15.6 Å². The van der Waals surface area contributed by atoms with E-state index in [2.05, 4.69) is 45.0 Å². The summed E-state index contributed by atoms with van der Waals surface area (Å²) in [6.07, 6.45) is 2.12. The Morgan fingerprint density at radius 2 is 2.29 bits per heavy atom. The van der Waals surface area contributed by atoms with E-state index in [4.69, 9.17) is 0 Å². The minimum atomic E-state index is 0.263. The molecule has 2 aliphatic heterocycles. The highest BCUT2D eigenvalue weighted by molar-refractivity contribution is 5.83. The van der Waals surface area contributed by atoms with Crippen LogP contribution in [-0.2, 0) is 6.54 Å². The average molecular weight is 188 g/mol. The molecule has 0 aromatic heterocycles. The zero-order valence-electron chi connectivity index (χ0n) is 7.77. The highest BCUT2D eigenvalue weighted by Gasteiger charge is 2.25. The van der Waals surface area contributed by atoms with Gasteiger partial charge in [0.1, 0.15) is 12.5 Å². The molecule has 4 nitrogen and oxygen atoms in total. The van der Waals surface area contributed by atoms with Gasteiger partial charge < -0.3 is 10.2 Å². The van der Waals surface area contributed by atoms with Crippen LogP contribution in [0.25, 0.3) is 0 Å². The van der Waals surface area contributed by atoms with E-state index in [0.29, 0.717) is 0 Å². The summed E-state index contributed by atoms with van der Waals surface area (Å²) < 4.78 is 0. The monoisotopic (exact) mass is 188 g/mol. The molecule has 0 saturated heterocycles. The Bertz CT molecular complexity index is 374. The summed E-state index contributed by atoms with van der Waals surface area (Å²) in [5.41, 5.74) is 5.64. The molecule has 0 amide bonds. The number of benzene rings is 1. The van der Waals surface area contributed by atoms with Gasteiger partial charge in [0.2, 0.25) is 0 Å². The second kappa shape index (κ2) is 2.99. The van der Waals surface area contributed by atoms with Crippen molar-refractivity contribution in [2.45, 2.75) is 12.7 Å². The van der Waals surface area contributed by atoms with Crippen LogP contribution in [0.4, 0.5) is 5.69 Å². The van der Waals surface area contributed by atoms with Crippen molar-refractivity contribution in [2.75, 3.05) is 11.4 Å². The summed E-state index contributed by atoms with van der Waals surface area (Å²) >= 11 is 0. The standard InChI is InChI=1S/C10H12N4/c1-2-4-9-8(3-1)5-11-6-10-13-12-7-14(9)10/h1-4,7,10-11,13H,5-6H2. The van der Waals surface area contributed by atoms with Crippen LogP contribution in [0, 0.1) is 0 Å². The van der Waals surface area contributed by atoms with Crippen LogP contribution in [0.1, 0.15) is 5.56 Å². The molecule has 3 rings (SSSR count). The Morgan fingerprint density at radius 1 is 1.36 bits per heavy atom. The summed E-state index contributed by atoms with van der Waals surface area (Å²) in [7, 11) is 0. The maximum absolute atomic E-state index is 4.08.